The number of amides is 2. The van der Waals surface area contributed by atoms with Crippen LogP contribution in [0.25, 0.3) is 5.69 Å². The van der Waals surface area contributed by atoms with Crippen molar-refractivity contribution in [3.8, 4) is 5.69 Å². The van der Waals surface area contributed by atoms with Crippen LogP contribution in [0.4, 0.5) is 24.1 Å². The van der Waals surface area contributed by atoms with Crippen molar-refractivity contribution in [2.24, 2.45) is 0 Å². The van der Waals surface area contributed by atoms with Gasteiger partial charge in [0.15, 0.2) is 5.60 Å². The summed E-state index contributed by atoms with van der Waals surface area (Å²) in [6, 6.07) is 8.66. The van der Waals surface area contributed by atoms with E-state index in [2.05, 4.69) is 15.4 Å². The fourth-order valence-electron chi connectivity index (χ4n) is 5.03. The Kier molecular flexibility index (Phi) is 8.34. The number of urea groups is 1. The van der Waals surface area contributed by atoms with Gasteiger partial charge in [0, 0.05) is 37.3 Å². The zero-order valence-corrected chi connectivity index (χ0v) is 23.7. The third-order valence-corrected chi connectivity index (χ3v) is 7.40. The minimum atomic E-state index is -2.05. The highest BCUT2D eigenvalue weighted by atomic mass is 19.1. The first-order valence-corrected chi connectivity index (χ1v) is 13.6. The summed E-state index contributed by atoms with van der Waals surface area (Å²) in [7, 11) is 0. The first kappa shape index (κ1) is 29.6. The molecule has 2 aromatic carbocycles. The van der Waals surface area contributed by atoms with Gasteiger partial charge in [0.05, 0.1) is 30.7 Å². The molecule has 0 bridgehead atoms. The van der Waals surface area contributed by atoms with Crippen molar-refractivity contribution in [3.63, 3.8) is 0 Å². The van der Waals surface area contributed by atoms with Crippen molar-refractivity contribution in [1.29, 1.82) is 0 Å². The first-order chi connectivity index (χ1) is 20.6. The maximum atomic E-state index is 15.2. The predicted molar refractivity (Wildman–Crippen MR) is 146 cm³/mol. The minimum absolute atomic E-state index is 0.143. The summed E-state index contributed by atoms with van der Waals surface area (Å²) < 4.78 is 43.4. The highest BCUT2D eigenvalue weighted by Crippen LogP contribution is 2.34. The van der Waals surface area contributed by atoms with Crippen LogP contribution in [-0.4, -0.2) is 72.6 Å². The number of carbonyl (C=O) groups is 2. The lowest BCUT2D eigenvalue weighted by atomic mass is 9.85. The molecule has 13 nitrogen and oxygen atoms in total. The quantitative estimate of drug-likeness (QED) is 0.218. The van der Waals surface area contributed by atoms with Crippen LogP contribution in [0.3, 0.4) is 0 Å². The number of ether oxygens (including phenoxy) is 2. The molecule has 3 atom stereocenters. The summed E-state index contributed by atoms with van der Waals surface area (Å²) in [5, 5.41) is 24.1. The molecule has 1 aliphatic rings. The van der Waals surface area contributed by atoms with Crippen LogP contribution in [0.1, 0.15) is 32.6 Å². The van der Waals surface area contributed by atoms with Gasteiger partial charge in [0.1, 0.15) is 18.2 Å². The van der Waals surface area contributed by atoms with E-state index in [0.29, 0.717) is 18.3 Å². The third-order valence-electron chi connectivity index (χ3n) is 7.40. The van der Waals surface area contributed by atoms with Gasteiger partial charge in [-0.05, 0) is 49.3 Å². The van der Waals surface area contributed by atoms with E-state index in [-0.39, 0.29) is 25.3 Å². The molecular weight excluding hydrogens is 566 g/mol. The third kappa shape index (κ3) is 6.02. The van der Waals surface area contributed by atoms with Gasteiger partial charge in [0.2, 0.25) is 12.6 Å². The molecule has 0 saturated carbocycles. The van der Waals surface area contributed by atoms with E-state index in [1.54, 1.807) is 67.0 Å². The standard InChI is InChI=1S/C28H31F2N8O5/c1-4-42-27(40)43-20(3)34-17-32-35(18-34)16-28(41,24-10-5-21(29)15-25(24)30)19(2)36-13-14-37(26(36)39)22-6-8-23(9-7-22)38-12-11-31-33-38/h5-12,15,17-20,41H,4,13-14,16H2,1-3H3/q+1/t19-,20?,28-/m1/s1. The SMILES string of the molecule is CCOC(=O)OC(C)n1cn[n+](C[C@](O)(c2ccc(F)cc2F)[C@@H](C)N2CCN(c3ccc(-n4ccnn4)cc3)C2=O)c1. The lowest BCUT2D eigenvalue weighted by Crippen LogP contribution is -2.58. The Labute approximate surface area is 245 Å². The Morgan fingerprint density at radius 1 is 1.14 bits per heavy atom. The molecule has 1 fully saturated rings. The number of halogens is 2. The molecule has 1 N–H and O–H groups in total. The normalized spacial score (nSPS) is 16.2. The number of anilines is 1. The Morgan fingerprint density at radius 3 is 2.56 bits per heavy atom. The Morgan fingerprint density at radius 2 is 1.88 bits per heavy atom. The largest absolute Gasteiger partial charge is 0.511 e. The number of carbonyl (C=O) groups excluding carboxylic acids is 2. The van der Waals surface area contributed by atoms with E-state index < -0.39 is 41.7 Å². The van der Waals surface area contributed by atoms with Gasteiger partial charge in [-0.25, -0.2) is 23.1 Å². The molecular formula is C28H31F2N8O5+. The topological polar surface area (TPSA) is 132 Å². The molecule has 43 heavy (non-hydrogen) atoms. The molecule has 1 aliphatic heterocycles. The van der Waals surface area contributed by atoms with E-state index in [0.717, 1.165) is 17.8 Å². The van der Waals surface area contributed by atoms with Crippen LogP contribution in [0.5, 0.6) is 0 Å². The summed E-state index contributed by atoms with van der Waals surface area (Å²) in [6.45, 7) is 5.22. The molecule has 0 spiro atoms. The molecule has 3 heterocycles. The number of benzene rings is 2. The second-order valence-corrected chi connectivity index (χ2v) is 10.0. The highest BCUT2D eigenvalue weighted by Gasteiger charge is 2.48. The molecule has 2 aromatic heterocycles. The maximum absolute atomic E-state index is 15.2. The molecule has 1 unspecified atom stereocenters. The van der Waals surface area contributed by atoms with Crippen molar-refractivity contribution in [1.82, 2.24) is 29.6 Å². The highest BCUT2D eigenvalue weighted by molar-refractivity contribution is 5.94. The molecule has 0 aliphatic carbocycles. The number of aliphatic hydroxyl groups is 1. The molecule has 15 heteroatoms. The number of hydrogen-bond acceptors (Lipinski definition) is 8. The molecule has 0 radical (unpaired) electrons. The summed E-state index contributed by atoms with van der Waals surface area (Å²) >= 11 is 0. The lowest BCUT2D eigenvalue weighted by Gasteiger charge is -2.38. The van der Waals surface area contributed by atoms with E-state index in [4.69, 9.17) is 9.47 Å². The smallest absolute Gasteiger partial charge is 0.434 e. The lowest BCUT2D eigenvalue weighted by molar-refractivity contribution is -0.765. The van der Waals surface area contributed by atoms with Gasteiger partial charge in [-0.1, -0.05) is 11.3 Å². The van der Waals surface area contributed by atoms with Crippen LogP contribution in [0.2, 0.25) is 0 Å². The maximum Gasteiger partial charge on any atom is 0.511 e. The van der Waals surface area contributed by atoms with Crippen molar-refractivity contribution < 1.29 is 37.6 Å². The second kappa shape index (κ2) is 12.1. The van der Waals surface area contributed by atoms with Crippen LogP contribution < -0.4 is 9.58 Å². The molecule has 226 valence electrons. The average molecular weight is 598 g/mol. The van der Waals surface area contributed by atoms with E-state index in [1.165, 1.54) is 26.8 Å². The molecule has 4 aromatic rings. The summed E-state index contributed by atoms with van der Waals surface area (Å²) in [5.41, 5.74) is -0.862. The van der Waals surface area contributed by atoms with Crippen LogP contribution >= 0.6 is 0 Å². The predicted octanol–water partition coefficient (Wildman–Crippen LogP) is 2.94. The average Bonchev–Trinajstić information content (AvgIpc) is 3.75. The second-order valence-electron chi connectivity index (χ2n) is 10.0. The Hall–Kier alpha value is -4.92. The van der Waals surface area contributed by atoms with Gasteiger partial charge in [-0.15, -0.1) is 9.78 Å². The number of aromatic nitrogens is 6. The summed E-state index contributed by atoms with van der Waals surface area (Å²) in [5.74, 6) is -1.78. The van der Waals surface area contributed by atoms with Gasteiger partial charge in [-0.3, -0.25) is 4.90 Å². The Balaban J connectivity index is 1.40. The van der Waals surface area contributed by atoms with E-state index in [1.807, 2.05) is 0 Å². The van der Waals surface area contributed by atoms with Crippen molar-refractivity contribution >= 4 is 17.9 Å². The monoisotopic (exact) mass is 597 g/mol. The number of hydrogen-bond donors (Lipinski definition) is 1. The fraction of sp³-hybridized carbons (Fsp3) is 0.357. The summed E-state index contributed by atoms with van der Waals surface area (Å²) in [6.07, 6.45) is 4.41. The van der Waals surface area contributed by atoms with Gasteiger partial charge in [-0.2, -0.15) is 4.57 Å². The van der Waals surface area contributed by atoms with Gasteiger partial charge < -0.3 is 19.5 Å². The van der Waals surface area contributed by atoms with Crippen molar-refractivity contribution in [2.75, 3.05) is 24.6 Å². The number of nitrogens with zero attached hydrogens (tertiary/aromatic N) is 8. The molecule has 1 saturated heterocycles. The van der Waals surface area contributed by atoms with Gasteiger partial charge >= 0.3 is 12.2 Å². The van der Waals surface area contributed by atoms with Crippen molar-refractivity contribution in [2.45, 2.75) is 45.2 Å². The zero-order valence-electron chi connectivity index (χ0n) is 23.7. The first-order valence-electron chi connectivity index (χ1n) is 13.6. The molecule has 2 amide bonds. The van der Waals surface area contributed by atoms with Crippen LogP contribution in [-0.2, 0) is 21.6 Å². The number of rotatable bonds is 10. The Bertz CT molecular complexity index is 1580. The van der Waals surface area contributed by atoms with Crippen molar-refractivity contribution in [3.05, 3.63) is 84.7 Å². The fourth-order valence-corrected chi connectivity index (χ4v) is 5.03. The zero-order chi connectivity index (χ0) is 30.7. The van der Waals surface area contributed by atoms with E-state index >= 15 is 4.39 Å². The molecule has 5 rings (SSSR count). The minimum Gasteiger partial charge on any atom is -0.434 e. The van der Waals surface area contributed by atoms with Crippen LogP contribution in [0.15, 0.2) is 67.5 Å². The van der Waals surface area contributed by atoms with E-state index in [9.17, 15) is 19.1 Å². The van der Waals surface area contributed by atoms with Gasteiger partial charge in [0.25, 0.3) is 6.33 Å². The van der Waals surface area contributed by atoms with Crippen LogP contribution in [0, 0.1) is 11.6 Å². The summed E-state index contributed by atoms with van der Waals surface area (Å²) in [4.78, 5) is 28.4.